The Morgan fingerprint density at radius 3 is 2.56 bits per heavy atom. The fourth-order valence-electron chi connectivity index (χ4n) is 3.29. The van der Waals surface area contributed by atoms with Gasteiger partial charge in [-0.1, -0.05) is 18.2 Å². The third-order valence-corrected chi connectivity index (χ3v) is 6.20. The van der Waals surface area contributed by atoms with Crippen LogP contribution in [0.15, 0.2) is 29.3 Å². The number of carbonyl (C=O) groups excluding carboxylic acids is 2. The van der Waals surface area contributed by atoms with Crippen molar-refractivity contribution in [3.8, 4) is 5.75 Å². The maximum absolute atomic E-state index is 12.4. The van der Waals surface area contributed by atoms with Gasteiger partial charge in [-0.3, -0.25) is 14.5 Å². The van der Waals surface area contributed by atoms with Crippen LogP contribution >= 0.6 is 27.5 Å². The van der Waals surface area contributed by atoms with Crippen molar-refractivity contribution in [3.63, 3.8) is 0 Å². The first-order valence-corrected chi connectivity index (χ1v) is 9.91. The highest BCUT2D eigenvalue weighted by Gasteiger charge is 2.35. The SMILES string of the molecule is C=CC(=O)N1CC(N2CCN(C(=O)CNc3cc(Cl)c(Br)cc3O)CC2)C1. The van der Waals surface area contributed by atoms with Crippen LogP contribution in [0.2, 0.25) is 5.02 Å². The molecule has 1 aromatic carbocycles. The lowest BCUT2D eigenvalue weighted by Gasteiger charge is -2.47. The Bertz CT molecular complexity index is 746. The van der Waals surface area contributed by atoms with Gasteiger partial charge < -0.3 is 20.2 Å². The molecule has 2 saturated heterocycles. The third kappa shape index (κ3) is 4.56. The van der Waals surface area contributed by atoms with Crippen molar-refractivity contribution in [2.24, 2.45) is 0 Å². The van der Waals surface area contributed by atoms with Crippen LogP contribution in [0, 0.1) is 0 Å². The minimum absolute atomic E-state index is 0.0230. The van der Waals surface area contributed by atoms with Gasteiger partial charge in [0, 0.05) is 49.8 Å². The minimum atomic E-state index is -0.0255. The summed E-state index contributed by atoms with van der Waals surface area (Å²) in [4.78, 5) is 29.9. The van der Waals surface area contributed by atoms with E-state index in [9.17, 15) is 14.7 Å². The van der Waals surface area contributed by atoms with E-state index >= 15 is 0 Å². The fraction of sp³-hybridized carbons (Fsp3) is 0.444. The number of rotatable bonds is 5. The molecule has 3 rings (SSSR count). The molecule has 2 aliphatic rings. The van der Waals surface area contributed by atoms with Crippen molar-refractivity contribution in [3.05, 3.63) is 34.3 Å². The molecule has 146 valence electrons. The number of carbonyl (C=O) groups is 2. The van der Waals surface area contributed by atoms with Crippen LogP contribution < -0.4 is 5.32 Å². The van der Waals surface area contributed by atoms with Crippen LogP contribution in [-0.2, 0) is 9.59 Å². The number of piperazine rings is 1. The lowest BCUT2D eigenvalue weighted by atomic mass is 10.1. The number of nitrogens with one attached hydrogen (secondary N) is 1. The first-order chi connectivity index (χ1) is 12.9. The number of anilines is 1. The molecule has 0 radical (unpaired) electrons. The molecular weight excluding hydrogens is 436 g/mol. The van der Waals surface area contributed by atoms with Gasteiger partial charge in [0.05, 0.1) is 17.3 Å². The monoisotopic (exact) mass is 456 g/mol. The van der Waals surface area contributed by atoms with Gasteiger partial charge in [0.2, 0.25) is 11.8 Å². The number of amides is 2. The number of likely N-dealkylation sites (tertiary alicyclic amines) is 1. The Labute approximate surface area is 171 Å². The normalized spacial score (nSPS) is 18.1. The van der Waals surface area contributed by atoms with E-state index in [1.165, 1.54) is 12.1 Å². The van der Waals surface area contributed by atoms with Gasteiger partial charge >= 0.3 is 0 Å². The van der Waals surface area contributed by atoms with Gasteiger partial charge in [-0.2, -0.15) is 0 Å². The predicted octanol–water partition coefficient (Wildman–Crippen LogP) is 1.76. The molecule has 0 bridgehead atoms. The second-order valence-electron chi connectivity index (χ2n) is 6.65. The van der Waals surface area contributed by atoms with Crippen molar-refractivity contribution < 1.29 is 14.7 Å². The summed E-state index contributed by atoms with van der Waals surface area (Å²) in [5, 5.41) is 13.3. The standard InChI is InChI=1S/C18H22BrClN4O3/c1-2-17(26)24-10-12(11-24)22-3-5-23(6-4-22)18(27)9-21-15-8-14(20)13(19)7-16(15)25/h2,7-8,12,21,25H,1,3-6,9-11H2. The molecule has 2 N–H and O–H groups in total. The second-order valence-corrected chi connectivity index (χ2v) is 7.92. The smallest absolute Gasteiger partial charge is 0.246 e. The highest BCUT2D eigenvalue weighted by Crippen LogP contribution is 2.33. The summed E-state index contributed by atoms with van der Waals surface area (Å²) >= 11 is 9.27. The number of hydrogen-bond donors (Lipinski definition) is 2. The van der Waals surface area contributed by atoms with Crippen molar-refractivity contribution >= 4 is 45.0 Å². The number of aromatic hydroxyl groups is 1. The first kappa shape index (κ1) is 20.0. The van der Waals surface area contributed by atoms with E-state index in [2.05, 4.69) is 32.7 Å². The van der Waals surface area contributed by atoms with E-state index in [1.807, 2.05) is 4.90 Å². The molecular formula is C18H22BrClN4O3. The highest BCUT2D eigenvalue weighted by molar-refractivity contribution is 9.10. The molecule has 0 aromatic heterocycles. The Balaban J connectivity index is 1.43. The first-order valence-electron chi connectivity index (χ1n) is 8.74. The van der Waals surface area contributed by atoms with Crippen LogP contribution in [0.3, 0.4) is 0 Å². The van der Waals surface area contributed by atoms with Gasteiger partial charge in [0.15, 0.2) is 0 Å². The lowest BCUT2D eigenvalue weighted by Crippen LogP contribution is -2.64. The van der Waals surface area contributed by atoms with E-state index in [4.69, 9.17) is 11.6 Å². The highest BCUT2D eigenvalue weighted by atomic mass is 79.9. The van der Waals surface area contributed by atoms with Crippen molar-refractivity contribution in [1.82, 2.24) is 14.7 Å². The summed E-state index contributed by atoms with van der Waals surface area (Å²) in [6, 6.07) is 3.44. The fourth-order valence-corrected chi connectivity index (χ4v) is 3.79. The number of phenolic OH excluding ortho intramolecular Hbond substituents is 1. The molecule has 0 unspecified atom stereocenters. The molecule has 2 heterocycles. The lowest BCUT2D eigenvalue weighted by molar-refractivity contribution is -0.135. The Morgan fingerprint density at radius 2 is 1.93 bits per heavy atom. The van der Waals surface area contributed by atoms with E-state index in [-0.39, 0.29) is 24.1 Å². The topological polar surface area (TPSA) is 76.1 Å². The summed E-state index contributed by atoms with van der Waals surface area (Å²) < 4.78 is 0.596. The summed E-state index contributed by atoms with van der Waals surface area (Å²) in [6.07, 6.45) is 1.34. The zero-order chi connectivity index (χ0) is 19.6. The van der Waals surface area contributed by atoms with Gasteiger partial charge in [-0.05, 0) is 34.1 Å². The number of hydrogen-bond acceptors (Lipinski definition) is 5. The summed E-state index contributed by atoms with van der Waals surface area (Å²) in [5.74, 6) is -0.0138. The average Bonchev–Trinajstić information content (AvgIpc) is 2.62. The quantitative estimate of drug-likeness (QED) is 0.520. The number of halogens is 2. The van der Waals surface area contributed by atoms with Crippen LogP contribution in [0.5, 0.6) is 5.75 Å². The van der Waals surface area contributed by atoms with Crippen molar-refractivity contribution in [2.45, 2.75) is 6.04 Å². The van der Waals surface area contributed by atoms with E-state index in [1.54, 1.807) is 11.0 Å². The molecule has 27 heavy (non-hydrogen) atoms. The molecule has 0 atom stereocenters. The van der Waals surface area contributed by atoms with Gasteiger partial charge in [-0.25, -0.2) is 0 Å². The largest absolute Gasteiger partial charge is 0.506 e. The average molecular weight is 458 g/mol. The van der Waals surface area contributed by atoms with Crippen LogP contribution in [-0.4, -0.2) is 83.5 Å². The zero-order valence-electron chi connectivity index (χ0n) is 14.8. The molecule has 0 aliphatic carbocycles. The number of phenols is 1. The Kier molecular flexibility index (Phi) is 6.29. The van der Waals surface area contributed by atoms with E-state index in [0.717, 1.165) is 26.2 Å². The summed E-state index contributed by atoms with van der Waals surface area (Å²) in [6.45, 7) is 7.94. The summed E-state index contributed by atoms with van der Waals surface area (Å²) in [7, 11) is 0. The maximum atomic E-state index is 12.4. The van der Waals surface area contributed by atoms with Gasteiger partial charge in [0.25, 0.3) is 0 Å². The number of nitrogens with zero attached hydrogens (tertiary/aromatic N) is 3. The molecule has 0 saturated carbocycles. The molecule has 0 spiro atoms. The molecule has 2 fully saturated rings. The molecule has 2 amide bonds. The minimum Gasteiger partial charge on any atom is -0.506 e. The van der Waals surface area contributed by atoms with Crippen LogP contribution in [0.1, 0.15) is 0 Å². The third-order valence-electron chi connectivity index (χ3n) is 5.00. The molecule has 1 aromatic rings. The summed E-state index contributed by atoms with van der Waals surface area (Å²) in [5.41, 5.74) is 0.427. The molecule has 9 heteroatoms. The van der Waals surface area contributed by atoms with Crippen LogP contribution in [0.25, 0.3) is 0 Å². The van der Waals surface area contributed by atoms with E-state index in [0.29, 0.717) is 34.3 Å². The molecule has 7 nitrogen and oxygen atoms in total. The van der Waals surface area contributed by atoms with Crippen molar-refractivity contribution in [1.29, 1.82) is 0 Å². The van der Waals surface area contributed by atoms with E-state index < -0.39 is 0 Å². The number of benzene rings is 1. The maximum Gasteiger partial charge on any atom is 0.246 e. The Morgan fingerprint density at radius 1 is 1.26 bits per heavy atom. The van der Waals surface area contributed by atoms with Gasteiger partial charge in [-0.15, -0.1) is 0 Å². The second kappa shape index (κ2) is 8.50. The zero-order valence-corrected chi connectivity index (χ0v) is 17.2. The predicted molar refractivity (Wildman–Crippen MR) is 108 cm³/mol. The Hall–Kier alpha value is -1.77. The molecule has 2 aliphatic heterocycles. The van der Waals surface area contributed by atoms with Gasteiger partial charge in [0.1, 0.15) is 5.75 Å². The van der Waals surface area contributed by atoms with Crippen molar-refractivity contribution in [2.75, 3.05) is 51.1 Å². The van der Waals surface area contributed by atoms with Crippen LogP contribution in [0.4, 0.5) is 5.69 Å².